The van der Waals surface area contributed by atoms with Gasteiger partial charge in [0, 0.05) is 6.04 Å². The fourth-order valence-corrected chi connectivity index (χ4v) is 5.40. The topological polar surface area (TPSA) is 106 Å². The van der Waals surface area contributed by atoms with E-state index in [0.717, 1.165) is 0 Å². The number of nitrogens with one attached hydrogen (secondary N) is 1. The molecule has 1 N–H and O–H groups in total. The van der Waals surface area contributed by atoms with Crippen LogP contribution in [-0.2, 0) is 19.9 Å². The summed E-state index contributed by atoms with van der Waals surface area (Å²) in [4.78, 5) is -0.00759. The molecule has 0 saturated carbocycles. The van der Waals surface area contributed by atoms with E-state index in [2.05, 4.69) is 9.88 Å². The van der Waals surface area contributed by atoms with Crippen LogP contribution in [-0.4, -0.2) is 39.5 Å². The Kier molecular flexibility index (Phi) is 3.24. The fourth-order valence-electron chi connectivity index (χ4n) is 2.02. The molecule has 1 aliphatic rings. The van der Waals surface area contributed by atoms with Crippen molar-refractivity contribution in [2.75, 3.05) is 11.5 Å². The average Bonchev–Trinajstić information content (AvgIpc) is 2.69. The van der Waals surface area contributed by atoms with Crippen LogP contribution in [0.3, 0.4) is 0 Å². The molecule has 0 aliphatic carbocycles. The van der Waals surface area contributed by atoms with Gasteiger partial charge in [0.25, 0.3) is 0 Å². The maximum absolute atomic E-state index is 12.1. The van der Waals surface area contributed by atoms with Crippen molar-refractivity contribution in [3.05, 3.63) is 11.5 Å². The van der Waals surface area contributed by atoms with Gasteiger partial charge in [0.05, 0.1) is 11.5 Å². The summed E-state index contributed by atoms with van der Waals surface area (Å²) in [6.45, 7) is 3.02. The van der Waals surface area contributed by atoms with Gasteiger partial charge in [-0.3, -0.25) is 0 Å². The van der Waals surface area contributed by atoms with Crippen LogP contribution in [0.25, 0.3) is 0 Å². The maximum Gasteiger partial charge on any atom is 0.246 e. The van der Waals surface area contributed by atoms with Gasteiger partial charge in [0.1, 0.15) is 10.6 Å². The number of sulfonamides is 1. The van der Waals surface area contributed by atoms with Crippen molar-refractivity contribution < 1.29 is 21.4 Å². The smallest absolute Gasteiger partial charge is 0.246 e. The highest BCUT2D eigenvalue weighted by Gasteiger charge is 2.33. The molecule has 102 valence electrons. The first-order valence-electron chi connectivity index (χ1n) is 5.37. The summed E-state index contributed by atoms with van der Waals surface area (Å²) in [7, 11) is -6.91. The van der Waals surface area contributed by atoms with Gasteiger partial charge >= 0.3 is 0 Å². The molecular formula is C9H14N2O5S2. The molecule has 1 aliphatic heterocycles. The Hall–Kier alpha value is -0.930. The van der Waals surface area contributed by atoms with Crippen molar-refractivity contribution in [1.82, 2.24) is 9.88 Å². The summed E-state index contributed by atoms with van der Waals surface area (Å²) in [6.07, 6.45) is 0.297. The molecular weight excluding hydrogens is 280 g/mol. The Labute approximate surface area is 106 Å². The standard InChI is InChI=1S/C9H14N2O5S2/c1-6-9(7(2)16-10-6)18(14,15)11-8-3-4-17(12,13)5-8/h8,11H,3-5H2,1-2H3. The third-order valence-corrected chi connectivity index (χ3v) is 6.32. The van der Waals surface area contributed by atoms with Crippen LogP contribution in [0, 0.1) is 13.8 Å². The highest BCUT2D eigenvalue weighted by Crippen LogP contribution is 2.21. The number of hydrogen-bond acceptors (Lipinski definition) is 6. The fraction of sp³-hybridized carbons (Fsp3) is 0.667. The number of aryl methyl sites for hydroxylation is 2. The predicted molar refractivity (Wildman–Crippen MR) is 63.4 cm³/mol. The molecule has 1 unspecified atom stereocenters. The van der Waals surface area contributed by atoms with Crippen molar-refractivity contribution in [2.24, 2.45) is 0 Å². The Morgan fingerprint density at radius 2 is 2.06 bits per heavy atom. The Balaban J connectivity index is 2.24. The van der Waals surface area contributed by atoms with E-state index in [9.17, 15) is 16.8 Å². The molecule has 1 saturated heterocycles. The summed E-state index contributed by atoms with van der Waals surface area (Å²) in [6, 6.07) is -0.575. The summed E-state index contributed by atoms with van der Waals surface area (Å²) in [5.74, 6) is 0.0538. The average molecular weight is 294 g/mol. The molecule has 7 nitrogen and oxygen atoms in total. The van der Waals surface area contributed by atoms with Gasteiger partial charge in [0.2, 0.25) is 10.0 Å². The van der Waals surface area contributed by atoms with Crippen molar-refractivity contribution in [3.63, 3.8) is 0 Å². The minimum atomic E-state index is -3.78. The zero-order valence-electron chi connectivity index (χ0n) is 10.0. The maximum atomic E-state index is 12.1. The van der Waals surface area contributed by atoms with Crippen LogP contribution in [0.15, 0.2) is 9.42 Å². The van der Waals surface area contributed by atoms with Gasteiger partial charge in [-0.05, 0) is 20.3 Å². The molecule has 2 rings (SSSR count). The van der Waals surface area contributed by atoms with Gasteiger partial charge in [-0.15, -0.1) is 0 Å². The monoisotopic (exact) mass is 294 g/mol. The van der Waals surface area contributed by atoms with Gasteiger partial charge in [0.15, 0.2) is 15.6 Å². The molecule has 0 amide bonds. The third-order valence-electron chi connectivity index (χ3n) is 2.79. The predicted octanol–water partition coefficient (Wildman–Crippen LogP) is -0.243. The molecule has 0 bridgehead atoms. The lowest BCUT2D eigenvalue weighted by Gasteiger charge is -2.10. The Morgan fingerprint density at radius 3 is 2.50 bits per heavy atom. The molecule has 2 heterocycles. The van der Waals surface area contributed by atoms with E-state index in [1.54, 1.807) is 0 Å². The molecule has 18 heavy (non-hydrogen) atoms. The molecule has 0 spiro atoms. The zero-order valence-corrected chi connectivity index (χ0v) is 11.6. The summed E-state index contributed by atoms with van der Waals surface area (Å²) >= 11 is 0. The van der Waals surface area contributed by atoms with E-state index in [4.69, 9.17) is 4.52 Å². The van der Waals surface area contributed by atoms with Crippen LogP contribution in [0.5, 0.6) is 0 Å². The SMILES string of the molecule is Cc1noc(C)c1S(=O)(=O)NC1CCS(=O)(=O)C1. The second kappa shape index (κ2) is 4.32. The van der Waals surface area contributed by atoms with Crippen LogP contribution in [0.2, 0.25) is 0 Å². The molecule has 1 aromatic heterocycles. The summed E-state index contributed by atoms with van der Waals surface area (Å²) in [5, 5.41) is 3.57. The lowest BCUT2D eigenvalue weighted by Crippen LogP contribution is -2.36. The largest absolute Gasteiger partial charge is 0.360 e. The van der Waals surface area contributed by atoms with Gasteiger partial charge in [-0.25, -0.2) is 21.6 Å². The molecule has 9 heteroatoms. The van der Waals surface area contributed by atoms with Crippen molar-refractivity contribution >= 4 is 19.9 Å². The molecule has 1 fully saturated rings. The number of hydrogen-bond donors (Lipinski definition) is 1. The van der Waals surface area contributed by atoms with Crippen LogP contribution in [0.1, 0.15) is 17.9 Å². The van der Waals surface area contributed by atoms with Gasteiger partial charge < -0.3 is 4.52 Å². The molecule has 1 atom stereocenters. The second-order valence-electron chi connectivity index (χ2n) is 4.37. The first-order valence-corrected chi connectivity index (χ1v) is 8.67. The quantitative estimate of drug-likeness (QED) is 0.824. The molecule has 0 aromatic carbocycles. The number of sulfone groups is 1. The van der Waals surface area contributed by atoms with Crippen LogP contribution >= 0.6 is 0 Å². The highest BCUT2D eigenvalue weighted by atomic mass is 32.2. The lowest BCUT2D eigenvalue weighted by molar-refractivity contribution is 0.390. The number of nitrogens with zero attached hydrogens (tertiary/aromatic N) is 1. The zero-order chi connectivity index (χ0) is 13.6. The van der Waals surface area contributed by atoms with E-state index in [0.29, 0.717) is 6.42 Å². The van der Waals surface area contributed by atoms with Gasteiger partial charge in [-0.1, -0.05) is 5.16 Å². The molecule has 1 aromatic rings. The second-order valence-corrected chi connectivity index (χ2v) is 8.25. The van der Waals surface area contributed by atoms with Crippen molar-refractivity contribution in [2.45, 2.75) is 31.2 Å². The molecule has 0 radical (unpaired) electrons. The van der Waals surface area contributed by atoms with E-state index in [1.807, 2.05) is 0 Å². The minimum absolute atomic E-state index is 0.00759. The van der Waals surface area contributed by atoms with Crippen molar-refractivity contribution in [3.8, 4) is 0 Å². The first kappa shape index (κ1) is 13.5. The van der Waals surface area contributed by atoms with Crippen LogP contribution < -0.4 is 4.72 Å². The van der Waals surface area contributed by atoms with E-state index >= 15 is 0 Å². The Morgan fingerprint density at radius 1 is 1.39 bits per heavy atom. The van der Waals surface area contributed by atoms with E-state index in [1.165, 1.54) is 13.8 Å². The van der Waals surface area contributed by atoms with Crippen LogP contribution in [0.4, 0.5) is 0 Å². The normalized spacial score (nSPS) is 23.3. The third kappa shape index (κ3) is 2.57. The minimum Gasteiger partial charge on any atom is -0.360 e. The van der Waals surface area contributed by atoms with Crippen molar-refractivity contribution in [1.29, 1.82) is 0 Å². The number of rotatable bonds is 3. The first-order chi connectivity index (χ1) is 8.21. The summed E-state index contributed by atoms with van der Waals surface area (Å²) < 4.78 is 53.9. The van der Waals surface area contributed by atoms with E-state index < -0.39 is 25.9 Å². The number of aromatic nitrogens is 1. The summed E-state index contributed by atoms with van der Waals surface area (Å²) in [5.41, 5.74) is 0.265. The van der Waals surface area contributed by atoms with Gasteiger partial charge in [-0.2, -0.15) is 0 Å². The highest BCUT2D eigenvalue weighted by molar-refractivity contribution is 7.92. The lowest BCUT2D eigenvalue weighted by atomic mass is 10.3. The Bertz CT molecular complexity index is 640. The van der Waals surface area contributed by atoms with E-state index in [-0.39, 0.29) is 27.9 Å².